The molecular formula is C10H19N3O2. The van der Waals surface area contributed by atoms with Crippen molar-refractivity contribution in [1.82, 2.24) is 15.5 Å². The molecule has 0 saturated carbocycles. The molecule has 2 N–H and O–H groups in total. The fourth-order valence-corrected chi connectivity index (χ4v) is 1.75. The number of urea groups is 1. The molecule has 5 heteroatoms. The van der Waals surface area contributed by atoms with Crippen LogP contribution in [-0.4, -0.2) is 43.0 Å². The van der Waals surface area contributed by atoms with E-state index in [9.17, 15) is 9.59 Å². The van der Waals surface area contributed by atoms with Crippen LogP contribution >= 0.6 is 0 Å². The van der Waals surface area contributed by atoms with E-state index in [1.165, 1.54) is 13.5 Å². The van der Waals surface area contributed by atoms with Gasteiger partial charge in [-0.15, -0.1) is 0 Å². The maximum absolute atomic E-state index is 11.6. The Balaban J connectivity index is 2.40. The van der Waals surface area contributed by atoms with E-state index in [0.29, 0.717) is 0 Å². The number of nitrogens with zero attached hydrogens (tertiary/aromatic N) is 1. The van der Waals surface area contributed by atoms with Crippen molar-refractivity contribution in [2.45, 2.75) is 32.2 Å². The minimum absolute atomic E-state index is 0.220. The molecule has 1 saturated heterocycles. The summed E-state index contributed by atoms with van der Waals surface area (Å²) in [4.78, 5) is 24.7. The smallest absolute Gasteiger partial charge is 0.321 e. The standard InChI is InChI=1S/C10H19N3O2/c1-8(9(14)12-10(15)11-2)13-6-4-3-5-7-13/h8H,3-7H2,1-2H3,(H2,11,12,14,15)/t8-/m0/s1. The fraction of sp³-hybridized carbons (Fsp3) is 0.800. The van der Waals surface area contributed by atoms with E-state index in [1.54, 1.807) is 0 Å². The first-order valence-electron chi connectivity index (χ1n) is 5.41. The normalized spacial score (nSPS) is 19.3. The van der Waals surface area contributed by atoms with Gasteiger partial charge >= 0.3 is 6.03 Å². The third-order valence-electron chi connectivity index (χ3n) is 2.78. The van der Waals surface area contributed by atoms with Crippen molar-refractivity contribution in [3.05, 3.63) is 0 Å². The molecule has 1 aliphatic rings. The maximum Gasteiger partial charge on any atom is 0.321 e. The van der Waals surface area contributed by atoms with Crippen molar-refractivity contribution in [3.8, 4) is 0 Å². The van der Waals surface area contributed by atoms with Crippen LogP contribution in [0.3, 0.4) is 0 Å². The Morgan fingerprint density at radius 3 is 2.33 bits per heavy atom. The Hall–Kier alpha value is -1.10. The van der Waals surface area contributed by atoms with Crippen molar-refractivity contribution in [3.63, 3.8) is 0 Å². The second kappa shape index (κ2) is 5.70. The number of carbonyl (C=O) groups is 2. The highest BCUT2D eigenvalue weighted by atomic mass is 16.2. The molecule has 1 fully saturated rings. The third kappa shape index (κ3) is 3.51. The Morgan fingerprint density at radius 2 is 1.80 bits per heavy atom. The molecule has 0 unspecified atom stereocenters. The molecule has 1 heterocycles. The molecule has 5 nitrogen and oxygen atoms in total. The summed E-state index contributed by atoms with van der Waals surface area (Å²) < 4.78 is 0. The first kappa shape index (κ1) is 12.0. The molecule has 0 spiro atoms. The van der Waals surface area contributed by atoms with Gasteiger partial charge in [0, 0.05) is 7.05 Å². The molecular weight excluding hydrogens is 194 g/mol. The van der Waals surface area contributed by atoms with Gasteiger partial charge in [0.15, 0.2) is 0 Å². The van der Waals surface area contributed by atoms with Crippen LogP contribution in [0, 0.1) is 0 Å². The summed E-state index contributed by atoms with van der Waals surface area (Å²) in [6, 6.07) is -0.661. The zero-order valence-corrected chi connectivity index (χ0v) is 9.38. The minimum atomic E-state index is -0.441. The highest BCUT2D eigenvalue weighted by Gasteiger charge is 2.23. The van der Waals surface area contributed by atoms with Crippen molar-refractivity contribution in [1.29, 1.82) is 0 Å². The SMILES string of the molecule is CNC(=O)NC(=O)[C@H](C)N1CCCCC1. The van der Waals surface area contributed by atoms with Crippen LogP contribution < -0.4 is 10.6 Å². The zero-order valence-electron chi connectivity index (χ0n) is 9.38. The summed E-state index contributed by atoms with van der Waals surface area (Å²) in [6.45, 7) is 3.73. The Kier molecular flexibility index (Phi) is 4.55. The molecule has 15 heavy (non-hydrogen) atoms. The molecule has 86 valence electrons. The lowest BCUT2D eigenvalue weighted by Crippen LogP contribution is -2.50. The molecule has 1 aliphatic heterocycles. The topological polar surface area (TPSA) is 61.4 Å². The van der Waals surface area contributed by atoms with Gasteiger partial charge in [0.1, 0.15) is 0 Å². The van der Waals surface area contributed by atoms with Gasteiger partial charge in [-0.05, 0) is 32.9 Å². The van der Waals surface area contributed by atoms with E-state index in [4.69, 9.17) is 0 Å². The predicted molar refractivity (Wildman–Crippen MR) is 57.5 cm³/mol. The van der Waals surface area contributed by atoms with E-state index < -0.39 is 6.03 Å². The maximum atomic E-state index is 11.6. The first-order chi connectivity index (χ1) is 7.15. The van der Waals surface area contributed by atoms with E-state index in [2.05, 4.69) is 15.5 Å². The van der Waals surface area contributed by atoms with Crippen molar-refractivity contribution in [2.75, 3.05) is 20.1 Å². The summed E-state index contributed by atoms with van der Waals surface area (Å²) in [5.41, 5.74) is 0. The van der Waals surface area contributed by atoms with Crippen LogP contribution in [0.1, 0.15) is 26.2 Å². The quantitative estimate of drug-likeness (QED) is 0.694. The molecule has 1 rings (SSSR count). The lowest BCUT2D eigenvalue weighted by Gasteiger charge is -2.31. The van der Waals surface area contributed by atoms with Gasteiger partial charge < -0.3 is 5.32 Å². The van der Waals surface area contributed by atoms with Gasteiger partial charge in [-0.1, -0.05) is 6.42 Å². The molecule has 0 aliphatic carbocycles. The lowest BCUT2D eigenvalue weighted by atomic mass is 10.1. The van der Waals surface area contributed by atoms with E-state index in [1.807, 2.05) is 6.92 Å². The van der Waals surface area contributed by atoms with Gasteiger partial charge in [-0.3, -0.25) is 15.0 Å². The summed E-state index contributed by atoms with van der Waals surface area (Å²) in [7, 11) is 1.49. The predicted octanol–water partition coefficient (Wildman–Crippen LogP) is 0.316. The molecule has 0 aromatic rings. The van der Waals surface area contributed by atoms with Crippen LogP contribution in [0.4, 0.5) is 4.79 Å². The van der Waals surface area contributed by atoms with Crippen LogP contribution in [0.15, 0.2) is 0 Å². The second-order valence-electron chi connectivity index (χ2n) is 3.84. The van der Waals surface area contributed by atoms with Gasteiger partial charge in [0.05, 0.1) is 6.04 Å². The zero-order chi connectivity index (χ0) is 11.3. The Bertz CT molecular complexity index is 237. The Morgan fingerprint density at radius 1 is 1.20 bits per heavy atom. The number of carbonyl (C=O) groups excluding carboxylic acids is 2. The fourth-order valence-electron chi connectivity index (χ4n) is 1.75. The molecule has 0 radical (unpaired) electrons. The summed E-state index contributed by atoms with van der Waals surface area (Å²) in [5.74, 6) is -0.226. The van der Waals surface area contributed by atoms with Gasteiger partial charge in [0.2, 0.25) is 5.91 Å². The average Bonchev–Trinajstić information content (AvgIpc) is 2.29. The molecule has 0 aromatic carbocycles. The minimum Gasteiger partial charge on any atom is -0.341 e. The average molecular weight is 213 g/mol. The van der Waals surface area contributed by atoms with E-state index >= 15 is 0 Å². The number of rotatable bonds is 2. The Labute approximate surface area is 90.2 Å². The van der Waals surface area contributed by atoms with E-state index in [0.717, 1.165) is 25.9 Å². The number of amides is 3. The van der Waals surface area contributed by atoms with Crippen molar-refractivity contribution in [2.24, 2.45) is 0 Å². The number of likely N-dealkylation sites (tertiary alicyclic amines) is 1. The largest absolute Gasteiger partial charge is 0.341 e. The third-order valence-corrected chi connectivity index (χ3v) is 2.78. The van der Waals surface area contributed by atoms with Crippen LogP contribution in [0.5, 0.6) is 0 Å². The number of hydrogen-bond donors (Lipinski definition) is 2. The molecule has 3 amide bonds. The number of hydrogen-bond acceptors (Lipinski definition) is 3. The molecule has 0 aromatic heterocycles. The van der Waals surface area contributed by atoms with Crippen molar-refractivity contribution < 1.29 is 9.59 Å². The molecule has 0 bridgehead atoms. The van der Waals surface area contributed by atoms with Gasteiger partial charge in [-0.2, -0.15) is 0 Å². The summed E-state index contributed by atoms with van der Waals surface area (Å²) in [6.07, 6.45) is 3.51. The van der Waals surface area contributed by atoms with Gasteiger partial charge in [0.25, 0.3) is 0 Å². The molecule has 1 atom stereocenters. The highest BCUT2D eigenvalue weighted by molar-refractivity contribution is 5.96. The summed E-state index contributed by atoms with van der Waals surface area (Å²) >= 11 is 0. The summed E-state index contributed by atoms with van der Waals surface area (Å²) in [5, 5.41) is 4.66. The van der Waals surface area contributed by atoms with Crippen LogP contribution in [-0.2, 0) is 4.79 Å². The van der Waals surface area contributed by atoms with Crippen LogP contribution in [0.25, 0.3) is 0 Å². The van der Waals surface area contributed by atoms with E-state index in [-0.39, 0.29) is 11.9 Å². The lowest BCUT2D eigenvalue weighted by molar-refractivity contribution is -0.125. The second-order valence-corrected chi connectivity index (χ2v) is 3.84. The van der Waals surface area contributed by atoms with Crippen molar-refractivity contribution >= 4 is 11.9 Å². The van der Waals surface area contributed by atoms with Gasteiger partial charge in [-0.25, -0.2) is 4.79 Å². The monoisotopic (exact) mass is 213 g/mol. The number of nitrogens with one attached hydrogen (secondary N) is 2. The van der Waals surface area contributed by atoms with Crippen LogP contribution in [0.2, 0.25) is 0 Å². The first-order valence-corrected chi connectivity index (χ1v) is 5.41. The number of piperidine rings is 1. The highest BCUT2D eigenvalue weighted by Crippen LogP contribution is 2.11. The number of imide groups is 1.